The highest BCUT2D eigenvalue weighted by molar-refractivity contribution is 6.32. The average Bonchev–Trinajstić information content (AvgIpc) is 2.40. The van der Waals surface area contributed by atoms with Crippen LogP contribution in [0.25, 0.3) is 11.1 Å². The second-order valence-electron chi connectivity index (χ2n) is 4.02. The van der Waals surface area contributed by atoms with Crippen molar-refractivity contribution in [2.75, 3.05) is 5.32 Å². The van der Waals surface area contributed by atoms with Crippen LogP contribution in [0.15, 0.2) is 54.6 Å². The van der Waals surface area contributed by atoms with Crippen LogP contribution in [0.4, 0.5) is 5.69 Å². The molecule has 18 heavy (non-hydrogen) atoms. The van der Waals surface area contributed by atoms with Crippen molar-refractivity contribution in [3.8, 4) is 11.1 Å². The lowest BCUT2D eigenvalue weighted by Gasteiger charge is -2.12. The number of amides is 1. The highest BCUT2D eigenvalue weighted by Gasteiger charge is 2.11. The first-order valence-corrected chi connectivity index (χ1v) is 6.21. The summed E-state index contributed by atoms with van der Waals surface area (Å²) in [6.07, 6.45) is 0. The molecule has 0 saturated heterocycles. The lowest BCUT2D eigenvalue weighted by atomic mass is 10.0. The van der Waals surface area contributed by atoms with Gasteiger partial charge in [-0.3, -0.25) is 4.79 Å². The summed E-state index contributed by atoms with van der Waals surface area (Å²) in [4.78, 5) is 11.7. The Kier molecular flexibility index (Phi) is 4.00. The summed E-state index contributed by atoms with van der Waals surface area (Å²) in [7, 11) is 0. The van der Waals surface area contributed by atoms with E-state index in [1.54, 1.807) is 6.92 Å². The summed E-state index contributed by atoms with van der Waals surface area (Å²) in [6.45, 7) is 1.65. The van der Waals surface area contributed by atoms with Crippen LogP contribution in [0.5, 0.6) is 0 Å². The molecule has 0 heterocycles. The largest absolute Gasteiger partial charge is 0.324 e. The fourth-order valence-corrected chi connectivity index (χ4v) is 1.75. The predicted molar refractivity (Wildman–Crippen MR) is 75.8 cm³/mol. The Morgan fingerprint density at radius 3 is 2.33 bits per heavy atom. The van der Waals surface area contributed by atoms with Crippen molar-refractivity contribution in [1.29, 1.82) is 0 Å². The third-order valence-electron chi connectivity index (χ3n) is 2.63. The van der Waals surface area contributed by atoms with Gasteiger partial charge in [0.25, 0.3) is 0 Å². The zero-order valence-electron chi connectivity index (χ0n) is 10.1. The number of hydrogen-bond donors (Lipinski definition) is 1. The van der Waals surface area contributed by atoms with Gasteiger partial charge < -0.3 is 5.32 Å². The molecule has 2 aromatic carbocycles. The van der Waals surface area contributed by atoms with Crippen LogP contribution in [0.1, 0.15) is 6.92 Å². The van der Waals surface area contributed by atoms with Gasteiger partial charge in [-0.1, -0.05) is 48.5 Å². The number of anilines is 1. The highest BCUT2D eigenvalue weighted by atomic mass is 35.5. The number of carbonyl (C=O) groups is 1. The Morgan fingerprint density at radius 2 is 1.67 bits per heavy atom. The van der Waals surface area contributed by atoms with Gasteiger partial charge in [0, 0.05) is 11.3 Å². The smallest absolute Gasteiger partial charge is 0.242 e. The molecule has 0 aliphatic rings. The van der Waals surface area contributed by atoms with E-state index in [0.717, 1.165) is 16.8 Å². The number of rotatable bonds is 3. The molecule has 1 atom stereocenters. The lowest BCUT2D eigenvalue weighted by Crippen LogP contribution is -2.20. The molecule has 0 aromatic heterocycles. The van der Waals surface area contributed by atoms with Crippen molar-refractivity contribution in [2.45, 2.75) is 12.3 Å². The van der Waals surface area contributed by atoms with Gasteiger partial charge in [-0.2, -0.15) is 0 Å². The van der Waals surface area contributed by atoms with E-state index >= 15 is 0 Å². The fraction of sp³-hybridized carbons (Fsp3) is 0.133. The monoisotopic (exact) mass is 259 g/mol. The summed E-state index contributed by atoms with van der Waals surface area (Å²) in [5, 5.41) is 2.29. The van der Waals surface area contributed by atoms with Crippen LogP contribution in [0.3, 0.4) is 0 Å². The molecular formula is C15H14ClNO. The highest BCUT2D eigenvalue weighted by Crippen LogP contribution is 2.27. The first kappa shape index (κ1) is 12.7. The minimum Gasteiger partial charge on any atom is -0.324 e. The van der Waals surface area contributed by atoms with Gasteiger partial charge in [0.15, 0.2) is 0 Å². The standard InChI is InChI=1S/C15H14ClNO/c1-11(16)15(18)17-14-10-6-5-9-13(14)12-7-3-2-4-8-12/h2-11H,1H3,(H,17,18)/t11-/m1/s1. The molecule has 2 nitrogen and oxygen atoms in total. The van der Waals surface area contributed by atoms with Gasteiger partial charge in [0.05, 0.1) is 0 Å². The lowest BCUT2D eigenvalue weighted by molar-refractivity contribution is -0.115. The van der Waals surface area contributed by atoms with E-state index in [9.17, 15) is 4.79 Å². The summed E-state index contributed by atoms with van der Waals surface area (Å²) in [5.41, 5.74) is 2.83. The minimum atomic E-state index is -0.547. The third kappa shape index (κ3) is 2.90. The van der Waals surface area contributed by atoms with Crippen LogP contribution in [-0.2, 0) is 4.79 Å². The fourth-order valence-electron chi connectivity index (χ4n) is 1.69. The SMILES string of the molecule is C[C@@H](Cl)C(=O)Nc1ccccc1-c1ccccc1. The molecule has 3 heteroatoms. The maximum absolute atomic E-state index is 11.7. The molecule has 0 aliphatic carbocycles. The van der Waals surface area contributed by atoms with Crippen molar-refractivity contribution in [1.82, 2.24) is 0 Å². The Labute approximate surface area is 112 Å². The number of nitrogens with one attached hydrogen (secondary N) is 1. The Bertz CT molecular complexity index is 537. The van der Waals surface area contributed by atoms with Crippen LogP contribution < -0.4 is 5.32 Å². The van der Waals surface area contributed by atoms with Gasteiger partial charge in [-0.25, -0.2) is 0 Å². The summed E-state index contributed by atoms with van der Waals surface area (Å²) < 4.78 is 0. The zero-order chi connectivity index (χ0) is 13.0. The topological polar surface area (TPSA) is 29.1 Å². The number of hydrogen-bond acceptors (Lipinski definition) is 1. The zero-order valence-corrected chi connectivity index (χ0v) is 10.8. The molecule has 0 spiro atoms. The maximum Gasteiger partial charge on any atom is 0.242 e. The normalized spacial score (nSPS) is 11.9. The number of alkyl halides is 1. The Hall–Kier alpha value is -1.80. The van der Waals surface area contributed by atoms with E-state index in [1.807, 2.05) is 54.6 Å². The van der Waals surface area contributed by atoms with Gasteiger partial charge in [-0.05, 0) is 18.6 Å². The first-order chi connectivity index (χ1) is 8.68. The summed E-state index contributed by atoms with van der Waals surface area (Å²) >= 11 is 5.76. The Balaban J connectivity index is 2.35. The molecule has 1 N–H and O–H groups in total. The van der Waals surface area contributed by atoms with Crippen LogP contribution in [0, 0.1) is 0 Å². The van der Waals surface area contributed by atoms with E-state index in [0.29, 0.717) is 0 Å². The third-order valence-corrected chi connectivity index (χ3v) is 2.83. The molecule has 1 amide bonds. The van der Waals surface area contributed by atoms with E-state index in [-0.39, 0.29) is 5.91 Å². The maximum atomic E-state index is 11.7. The van der Waals surface area contributed by atoms with Crippen molar-refractivity contribution in [3.05, 3.63) is 54.6 Å². The van der Waals surface area contributed by atoms with Gasteiger partial charge in [0.1, 0.15) is 5.38 Å². The van der Waals surface area contributed by atoms with Gasteiger partial charge in [0.2, 0.25) is 5.91 Å². The molecule has 92 valence electrons. The Morgan fingerprint density at radius 1 is 1.06 bits per heavy atom. The van der Waals surface area contributed by atoms with Crippen LogP contribution >= 0.6 is 11.6 Å². The quantitative estimate of drug-likeness (QED) is 0.832. The number of benzene rings is 2. The number of halogens is 1. The van der Waals surface area contributed by atoms with E-state index in [1.165, 1.54) is 0 Å². The molecule has 0 aliphatic heterocycles. The second-order valence-corrected chi connectivity index (χ2v) is 4.67. The number of carbonyl (C=O) groups excluding carboxylic acids is 1. The van der Waals surface area contributed by atoms with Crippen molar-refractivity contribution < 1.29 is 4.79 Å². The van der Waals surface area contributed by atoms with Crippen molar-refractivity contribution in [3.63, 3.8) is 0 Å². The molecule has 0 saturated carbocycles. The molecule has 0 radical (unpaired) electrons. The van der Waals surface area contributed by atoms with E-state index in [4.69, 9.17) is 11.6 Å². The average molecular weight is 260 g/mol. The number of para-hydroxylation sites is 1. The van der Waals surface area contributed by atoms with Crippen molar-refractivity contribution >= 4 is 23.2 Å². The summed E-state index contributed by atoms with van der Waals surface area (Å²) in [6, 6.07) is 17.6. The summed E-state index contributed by atoms with van der Waals surface area (Å²) in [5.74, 6) is -0.194. The van der Waals surface area contributed by atoms with Gasteiger partial charge in [-0.15, -0.1) is 11.6 Å². The van der Waals surface area contributed by atoms with Gasteiger partial charge >= 0.3 is 0 Å². The molecule has 2 aromatic rings. The van der Waals surface area contributed by atoms with Crippen LogP contribution in [0.2, 0.25) is 0 Å². The molecule has 2 rings (SSSR count). The van der Waals surface area contributed by atoms with Crippen molar-refractivity contribution in [2.24, 2.45) is 0 Å². The van der Waals surface area contributed by atoms with E-state index < -0.39 is 5.38 Å². The predicted octanol–water partition coefficient (Wildman–Crippen LogP) is 3.92. The molecule has 0 fully saturated rings. The minimum absolute atomic E-state index is 0.194. The van der Waals surface area contributed by atoms with E-state index in [2.05, 4.69) is 5.32 Å². The molecule has 0 unspecified atom stereocenters. The molecule has 0 bridgehead atoms. The van der Waals surface area contributed by atoms with Crippen LogP contribution in [-0.4, -0.2) is 11.3 Å². The first-order valence-electron chi connectivity index (χ1n) is 5.78. The second kappa shape index (κ2) is 5.69. The molecular weight excluding hydrogens is 246 g/mol.